The molecular formula is C20H26N4O. The Morgan fingerprint density at radius 1 is 1.32 bits per heavy atom. The number of carbonyl (C=O) groups is 1. The van der Waals surface area contributed by atoms with E-state index in [2.05, 4.69) is 50.5 Å². The summed E-state index contributed by atoms with van der Waals surface area (Å²) < 4.78 is 0. The lowest BCUT2D eigenvalue weighted by molar-refractivity contribution is -0.125. The van der Waals surface area contributed by atoms with Gasteiger partial charge in [0.25, 0.3) is 0 Å². The Morgan fingerprint density at radius 2 is 2.20 bits per heavy atom. The molecule has 2 fully saturated rings. The molecule has 2 aliphatic heterocycles. The zero-order chi connectivity index (χ0) is 17.1. The van der Waals surface area contributed by atoms with Crippen LogP contribution in [0.1, 0.15) is 43.1 Å². The molecule has 3 heterocycles. The maximum Gasteiger partial charge on any atom is 0.224 e. The number of rotatable bonds is 6. The van der Waals surface area contributed by atoms with E-state index in [1.165, 1.54) is 12.0 Å². The number of fused-ring (bicyclic) bond motifs is 1. The molecular weight excluding hydrogens is 312 g/mol. The van der Waals surface area contributed by atoms with Gasteiger partial charge in [0.05, 0.1) is 5.92 Å². The van der Waals surface area contributed by atoms with Crippen molar-refractivity contribution in [3.8, 4) is 0 Å². The average molecular weight is 338 g/mol. The molecule has 2 aromatic rings. The number of aromatic nitrogens is 2. The highest BCUT2D eigenvalue weighted by Gasteiger charge is 2.46. The Bertz CT molecular complexity index is 685. The first-order valence-corrected chi connectivity index (χ1v) is 9.39. The van der Waals surface area contributed by atoms with Gasteiger partial charge < -0.3 is 10.3 Å². The van der Waals surface area contributed by atoms with Gasteiger partial charge in [0.1, 0.15) is 5.82 Å². The van der Waals surface area contributed by atoms with Crippen molar-refractivity contribution in [2.24, 2.45) is 5.92 Å². The van der Waals surface area contributed by atoms with Crippen LogP contribution in [-0.4, -0.2) is 39.9 Å². The second-order valence-corrected chi connectivity index (χ2v) is 7.15. The van der Waals surface area contributed by atoms with E-state index in [-0.39, 0.29) is 11.8 Å². The van der Waals surface area contributed by atoms with E-state index < -0.39 is 0 Å². The normalized spacial score (nSPS) is 25.8. The maximum atomic E-state index is 12.8. The smallest absolute Gasteiger partial charge is 0.224 e. The number of carbonyl (C=O) groups excluding carboxylic acids is 1. The summed E-state index contributed by atoms with van der Waals surface area (Å²) in [5.41, 5.74) is 1.35. The lowest BCUT2D eigenvalue weighted by Crippen LogP contribution is -2.38. The molecule has 0 saturated carbocycles. The first-order chi connectivity index (χ1) is 12.3. The van der Waals surface area contributed by atoms with Crippen LogP contribution in [0.25, 0.3) is 0 Å². The van der Waals surface area contributed by atoms with Gasteiger partial charge in [-0.2, -0.15) is 0 Å². The minimum Gasteiger partial charge on any atom is -0.356 e. The third kappa shape index (κ3) is 3.47. The zero-order valence-corrected chi connectivity index (χ0v) is 14.5. The summed E-state index contributed by atoms with van der Waals surface area (Å²) in [6.45, 7) is 1.84. The molecule has 4 rings (SSSR count). The highest BCUT2D eigenvalue weighted by atomic mass is 16.2. The summed E-state index contributed by atoms with van der Waals surface area (Å²) in [4.78, 5) is 22.6. The number of nitrogens with one attached hydrogen (secondary N) is 2. The van der Waals surface area contributed by atoms with Gasteiger partial charge in [0.15, 0.2) is 0 Å². The Balaban J connectivity index is 1.34. The average Bonchev–Trinajstić information content (AvgIpc) is 3.36. The molecule has 2 aliphatic rings. The van der Waals surface area contributed by atoms with Gasteiger partial charge in [0, 0.05) is 37.4 Å². The van der Waals surface area contributed by atoms with E-state index in [1.54, 1.807) is 6.20 Å². The van der Waals surface area contributed by atoms with Crippen LogP contribution in [0.4, 0.5) is 0 Å². The molecule has 3 atom stereocenters. The molecule has 0 radical (unpaired) electrons. The number of amides is 1. The van der Waals surface area contributed by atoms with Crippen molar-refractivity contribution >= 4 is 5.91 Å². The van der Waals surface area contributed by atoms with Gasteiger partial charge >= 0.3 is 0 Å². The molecule has 5 heteroatoms. The molecule has 1 aromatic carbocycles. The summed E-state index contributed by atoms with van der Waals surface area (Å²) in [7, 11) is 0. The van der Waals surface area contributed by atoms with E-state index in [0.29, 0.717) is 12.1 Å². The van der Waals surface area contributed by atoms with Crippen LogP contribution in [0.5, 0.6) is 0 Å². The molecule has 0 aliphatic carbocycles. The number of imidazole rings is 1. The van der Waals surface area contributed by atoms with Crippen LogP contribution in [0, 0.1) is 5.92 Å². The lowest BCUT2D eigenvalue weighted by atomic mass is 9.93. The predicted molar refractivity (Wildman–Crippen MR) is 96.9 cm³/mol. The molecule has 1 amide bonds. The number of H-pyrrole nitrogens is 1. The van der Waals surface area contributed by atoms with Crippen LogP contribution in [0.15, 0.2) is 42.7 Å². The van der Waals surface area contributed by atoms with Crippen molar-refractivity contribution in [3.63, 3.8) is 0 Å². The lowest BCUT2D eigenvalue weighted by Gasteiger charge is -2.24. The fraction of sp³-hybridized carbons (Fsp3) is 0.500. The van der Waals surface area contributed by atoms with Crippen molar-refractivity contribution in [2.45, 2.75) is 44.2 Å². The molecule has 2 saturated heterocycles. The minimum atomic E-state index is 0.122. The fourth-order valence-electron chi connectivity index (χ4n) is 4.48. The van der Waals surface area contributed by atoms with Crippen molar-refractivity contribution in [1.29, 1.82) is 0 Å². The highest BCUT2D eigenvalue weighted by Crippen LogP contribution is 2.44. The van der Waals surface area contributed by atoms with Crippen molar-refractivity contribution in [2.75, 3.05) is 13.1 Å². The second kappa shape index (κ2) is 7.40. The summed E-state index contributed by atoms with van der Waals surface area (Å²) in [6.07, 6.45) is 8.70. The number of aromatic amines is 1. The quantitative estimate of drug-likeness (QED) is 0.796. The van der Waals surface area contributed by atoms with Crippen molar-refractivity contribution < 1.29 is 4.79 Å². The summed E-state index contributed by atoms with van der Waals surface area (Å²) in [6, 6.07) is 11.5. The SMILES string of the molecule is O=C(NCCCc1ncc[nH]1)C1CC(c2ccccc2)N2CCC[C@@H]12. The summed E-state index contributed by atoms with van der Waals surface area (Å²) >= 11 is 0. The molecule has 25 heavy (non-hydrogen) atoms. The molecule has 1 aromatic heterocycles. The van der Waals surface area contributed by atoms with Crippen LogP contribution in [-0.2, 0) is 11.2 Å². The molecule has 2 unspecified atom stereocenters. The number of nitrogens with zero attached hydrogens (tertiary/aromatic N) is 2. The summed E-state index contributed by atoms with van der Waals surface area (Å²) in [5.74, 6) is 1.34. The van der Waals surface area contributed by atoms with Crippen molar-refractivity contribution in [1.82, 2.24) is 20.2 Å². The first kappa shape index (κ1) is 16.3. The van der Waals surface area contributed by atoms with Gasteiger partial charge in [-0.05, 0) is 37.8 Å². The molecule has 132 valence electrons. The Morgan fingerprint density at radius 3 is 3.00 bits per heavy atom. The Kier molecular flexibility index (Phi) is 4.83. The molecule has 5 nitrogen and oxygen atoms in total. The third-order valence-corrected chi connectivity index (χ3v) is 5.65. The third-order valence-electron chi connectivity index (χ3n) is 5.65. The van der Waals surface area contributed by atoms with Gasteiger partial charge in [0.2, 0.25) is 5.91 Å². The van der Waals surface area contributed by atoms with E-state index in [0.717, 1.165) is 44.6 Å². The number of benzene rings is 1. The Labute approximate surface area is 148 Å². The Hall–Kier alpha value is -2.14. The minimum absolute atomic E-state index is 0.122. The van der Waals surface area contributed by atoms with Gasteiger partial charge in [-0.1, -0.05) is 30.3 Å². The molecule has 0 spiro atoms. The van der Waals surface area contributed by atoms with Crippen LogP contribution < -0.4 is 5.32 Å². The van der Waals surface area contributed by atoms with Crippen LogP contribution in [0.3, 0.4) is 0 Å². The van der Waals surface area contributed by atoms with Gasteiger partial charge in [-0.25, -0.2) is 4.98 Å². The van der Waals surface area contributed by atoms with Crippen LogP contribution >= 0.6 is 0 Å². The second-order valence-electron chi connectivity index (χ2n) is 7.15. The van der Waals surface area contributed by atoms with Gasteiger partial charge in [-0.15, -0.1) is 0 Å². The maximum absolute atomic E-state index is 12.8. The topological polar surface area (TPSA) is 61.0 Å². The number of hydrogen-bond donors (Lipinski definition) is 2. The van der Waals surface area contributed by atoms with E-state index in [1.807, 2.05) is 6.20 Å². The summed E-state index contributed by atoms with van der Waals surface area (Å²) in [5, 5.41) is 3.16. The number of aryl methyl sites for hydroxylation is 1. The first-order valence-electron chi connectivity index (χ1n) is 9.39. The molecule has 0 bridgehead atoms. The monoisotopic (exact) mass is 338 g/mol. The fourth-order valence-corrected chi connectivity index (χ4v) is 4.48. The predicted octanol–water partition coefficient (Wildman–Crippen LogP) is 2.68. The number of hydrogen-bond acceptors (Lipinski definition) is 3. The van der Waals surface area contributed by atoms with E-state index in [4.69, 9.17) is 0 Å². The highest BCUT2D eigenvalue weighted by molar-refractivity contribution is 5.80. The van der Waals surface area contributed by atoms with E-state index in [9.17, 15) is 4.79 Å². The van der Waals surface area contributed by atoms with Gasteiger partial charge in [-0.3, -0.25) is 9.69 Å². The standard InChI is InChI=1S/C20H26N4O/c25-20(23-10-4-9-19-21-11-12-22-19)16-14-18(15-6-2-1-3-7-15)24-13-5-8-17(16)24/h1-3,6-7,11-12,16-18H,4-5,8-10,13-14H2,(H,21,22)(H,23,25)/t16?,17-,18?/m0/s1. The zero-order valence-electron chi connectivity index (χ0n) is 14.5. The van der Waals surface area contributed by atoms with Crippen LogP contribution in [0.2, 0.25) is 0 Å². The van der Waals surface area contributed by atoms with Crippen molar-refractivity contribution in [3.05, 3.63) is 54.1 Å². The largest absolute Gasteiger partial charge is 0.356 e. The molecule has 2 N–H and O–H groups in total. The van der Waals surface area contributed by atoms with E-state index >= 15 is 0 Å².